The van der Waals surface area contributed by atoms with Crippen LogP contribution in [0.25, 0.3) is 22.3 Å². The fourth-order valence-electron chi connectivity index (χ4n) is 2.00. The van der Waals surface area contributed by atoms with E-state index < -0.39 is 0 Å². The second-order valence-electron chi connectivity index (χ2n) is 4.15. The summed E-state index contributed by atoms with van der Waals surface area (Å²) in [4.78, 5) is 12.2. The van der Waals surface area contributed by atoms with Crippen molar-refractivity contribution in [3.63, 3.8) is 0 Å². The molecule has 0 amide bonds. The van der Waals surface area contributed by atoms with Crippen molar-refractivity contribution in [2.45, 2.75) is 0 Å². The standard InChI is InChI=1S/C15H10ClNO2/c16-11-7-3-1-5-9(11)15-13(17)14(18)10-6-2-4-8-12(10)19-15/h1-8H,17H2. The van der Waals surface area contributed by atoms with E-state index in [9.17, 15) is 4.79 Å². The molecule has 0 aliphatic heterocycles. The molecule has 0 fully saturated rings. The van der Waals surface area contributed by atoms with E-state index in [1.165, 1.54) is 0 Å². The molecule has 94 valence electrons. The number of rotatable bonds is 1. The van der Waals surface area contributed by atoms with Gasteiger partial charge in [0.05, 0.1) is 10.4 Å². The van der Waals surface area contributed by atoms with Gasteiger partial charge in [-0.15, -0.1) is 0 Å². The average Bonchev–Trinajstić information content (AvgIpc) is 2.44. The molecule has 3 aromatic rings. The lowest BCUT2D eigenvalue weighted by atomic mass is 10.1. The van der Waals surface area contributed by atoms with Gasteiger partial charge in [0.15, 0.2) is 5.76 Å². The summed E-state index contributed by atoms with van der Waals surface area (Å²) in [5.41, 5.74) is 6.83. The van der Waals surface area contributed by atoms with Gasteiger partial charge in [-0.2, -0.15) is 0 Å². The molecule has 0 atom stereocenters. The van der Waals surface area contributed by atoms with Gasteiger partial charge in [0.25, 0.3) is 0 Å². The van der Waals surface area contributed by atoms with Crippen LogP contribution in [-0.2, 0) is 0 Å². The molecule has 0 unspecified atom stereocenters. The van der Waals surface area contributed by atoms with Gasteiger partial charge in [-0.3, -0.25) is 4.79 Å². The number of anilines is 1. The third kappa shape index (κ3) is 1.88. The van der Waals surface area contributed by atoms with Crippen LogP contribution in [-0.4, -0.2) is 0 Å². The maximum absolute atomic E-state index is 12.2. The third-order valence-electron chi connectivity index (χ3n) is 2.95. The molecule has 1 heterocycles. The number of nitrogen functional groups attached to an aromatic ring is 1. The third-order valence-corrected chi connectivity index (χ3v) is 3.28. The SMILES string of the molecule is Nc1c(-c2ccccc2Cl)oc2ccccc2c1=O. The summed E-state index contributed by atoms with van der Waals surface area (Å²) in [6.07, 6.45) is 0. The van der Waals surface area contributed by atoms with Crippen molar-refractivity contribution in [1.82, 2.24) is 0 Å². The van der Waals surface area contributed by atoms with E-state index >= 15 is 0 Å². The zero-order chi connectivity index (χ0) is 13.4. The van der Waals surface area contributed by atoms with Gasteiger partial charge in [0.2, 0.25) is 5.43 Å². The molecule has 0 radical (unpaired) electrons. The van der Waals surface area contributed by atoms with Crippen LogP contribution in [0.3, 0.4) is 0 Å². The summed E-state index contributed by atoms with van der Waals surface area (Å²) in [5, 5.41) is 0.962. The second-order valence-corrected chi connectivity index (χ2v) is 4.56. The Kier molecular flexibility index (Phi) is 2.76. The lowest BCUT2D eigenvalue weighted by Crippen LogP contribution is -2.09. The highest BCUT2D eigenvalue weighted by atomic mass is 35.5. The Morgan fingerprint density at radius 3 is 2.47 bits per heavy atom. The van der Waals surface area contributed by atoms with E-state index in [0.29, 0.717) is 27.3 Å². The Labute approximate surface area is 114 Å². The van der Waals surface area contributed by atoms with Gasteiger partial charge in [-0.25, -0.2) is 0 Å². The van der Waals surface area contributed by atoms with E-state index in [1.807, 2.05) is 6.07 Å². The number of hydrogen-bond donors (Lipinski definition) is 1. The monoisotopic (exact) mass is 271 g/mol. The summed E-state index contributed by atoms with van der Waals surface area (Å²) in [6, 6.07) is 14.1. The molecule has 0 saturated carbocycles. The molecule has 0 bridgehead atoms. The average molecular weight is 272 g/mol. The Morgan fingerprint density at radius 2 is 1.68 bits per heavy atom. The number of hydrogen-bond acceptors (Lipinski definition) is 3. The largest absolute Gasteiger partial charge is 0.454 e. The van der Waals surface area contributed by atoms with E-state index in [4.69, 9.17) is 21.8 Å². The van der Waals surface area contributed by atoms with Gasteiger partial charge in [0, 0.05) is 5.56 Å². The molecule has 0 saturated heterocycles. The van der Waals surface area contributed by atoms with Crippen molar-refractivity contribution < 1.29 is 4.42 Å². The van der Waals surface area contributed by atoms with E-state index in [1.54, 1.807) is 42.5 Å². The first kappa shape index (κ1) is 11.8. The molecule has 19 heavy (non-hydrogen) atoms. The van der Waals surface area contributed by atoms with E-state index in [0.717, 1.165) is 0 Å². The van der Waals surface area contributed by atoms with Crippen molar-refractivity contribution >= 4 is 28.3 Å². The van der Waals surface area contributed by atoms with E-state index in [-0.39, 0.29) is 11.1 Å². The van der Waals surface area contributed by atoms with Gasteiger partial charge in [0.1, 0.15) is 11.3 Å². The normalized spacial score (nSPS) is 10.8. The first-order valence-corrected chi connectivity index (χ1v) is 6.12. The van der Waals surface area contributed by atoms with Crippen molar-refractivity contribution in [1.29, 1.82) is 0 Å². The van der Waals surface area contributed by atoms with Crippen LogP contribution in [0, 0.1) is 0 Å². The molecule has 0 aliphatic carbocycles. The van der Waals surface area contributed by atoms with Gasteiger partial charge in [-0.1, -0.05) is 35.9 Å². The van der Waals surface area contributed by atoms with Crippen LogP contribution in [0.4, 0.5) is 5.69 Å². The Hall–Kier alpha value is -2.26. The summed E-state index contributed by atoms with van der Waals surface area (Å²) in [6.45, 7) is 0. The first-order chi connectivity index (χ1) is 9.18. The highest BCUT2D eigenvalue weighted by Crippen LogP contribution is 2.32. The maximum atomic E-state index is 12.2. The van der Waals surface area contributed by atoms with E-state index in [2.05, 4.69) is 0 Å². The summed E-state index contributed by atoms with van der Waals surface area (Å²) in [5.74, 6) is 0.314. The van der Waals surface area contributed by atoms with Crippen LogP contribution in [0.2, 0.25) is 5.02 Å². The molecular formula is C15H10ClNO2. The molecule has 1 aromatic heterocycles. The molecule has 0 spiro atoms. The zero-order valence-corrected chi connectivity index (χ0v) is 10.6. The summed E-state index contributed by atoms with van der Waals surface area (Å²) in [7, 11) is 0. The maximum Gasteiger partial charge on any atom is 0.216 e. The lowest BCUT2D eigenvalue weighted by molar-refractivity contribution is 0.621. The molecule has 0 aliphatic rings. The molecule has 2 aromatic carbocycles. The smallest absolute Gasteiger partial charge is 0.216 e. The van der Waals surface area contributed by atoms with Gasteiger partial charge in [-0.05, 0) is 24.3 Å². The van der Waals surface area contributed by atoms with Crippen molar-refractivity contribution in [2.75, 3.05) is 5.73 Å². The van der Waals surface area contributed by atoms with Gasteiger partial charge >= 0.3 is 0 Å². The predicted octanol–water partition coefficient (Wildman–Crippen LogP) is 3.70. The quantitative estimate of drug-likeness (QED) is 0.734. The summed E-state index contributed by atoms with van der Waals surface area (Å²) < 4.78 is 5.73. The minimum Gasteiger partial charge on any atom is -0.454 e. The highest BCUT2D eigenvalue weighted by molar-refractivity contribution is 6.33. The minimum absolute atomic E-state index is 0.0757. The highest BCUT2D eigenvalue weighted by Gasteiger charge is 2.14. The fourth-order valence-corrected chi connectivity index (χ4v) is 2.22. The van der Waals surface area contributed by atoms with Crippen LogP contribution >= 0.6 is 11.6 Å². The van der Waals surface area contributed by atoms with Crippen molar-refractivity contribution in [3.05, 3.63) is 63.8 Å². The second kappa shape index (κ2) is 4.44. The number of benzene rings is 2. The Balaban J connectivity index is 2.40. The number of nitrogens with two attached hydrogens (primary N) is 1. The summed E-state index contributed by atoms with van der Waals surface area (Å²) >= 11 is 6.12. The molecule has 2 N–H and O–H groups in total. The van der Waals surface area contributed by atoms with Crippen LogP contribution in [0.5, 0.6) is 0 Å². The predicted molar refractivity (Wildman–Crippen MR) is 77.3 cm³/mol. The van der Waals surface area contributed by atoms with Crippen molar-refractivity contribution in [3.8, 4) is 11.3 Å². The molecule has 4 heteroatoms. The Bertz CT molecular complexity index is 824. The molecular weight excluding hydrogens is 262 g/mol. The number of para-hydroxylation sites is 1. The molecule has 3 nitrogen and oxygen atoms in total. The van der Waals surface area contributed by atoms with Crippen molar-refractivity contribution in [2.24, 2.45) is 0 Å². The van der Waals surface area contributed by atoms with Crippen LogP contribution < -0.4 is 11.2 Å². The number of halogens is 1. The lowest BCUT2D eigenvalue weighted by Gasteiger charge is -2.07. The first-order valence-electron chi connectivity index (χ1n) is 5.74. The van der Waals surface area contributed by atoms with Crippen LogP contribution in [0.15, 0.2) is 57.7 Å². The zero-order valence-electron chi connectivity index (χ0n) is 9.89. The fraction of sp³-hybridized carbons (Fsp3) is 0. The molecule has 3 rings (SSSR count). The topological polar surface area (TPSA) is 56.2 Å². The minimum atomic E-state index is -0.239. The van der Waals surface area contributed by atoms with Gasteiger partial charge < -0.3 is 10.2 Å². The Morgan fingerprint density at radius 1 is 1.00 bits per heavy atom. The number of fused-ring (bicyclic) bond motifs is 1. The van der Waals surface area contributed by atoms with Crippen LogP contribution in [0.1, 0.15) is 0 Å².